The number of nitrogens with zero attached hydrogens (tertiary/aromatic N) is 5. The van der Waals surface area contributed by atoms with E-state index in [-0.39, 0.29) is 30.4 Å². The Kier molecular flexibility index (Phi) is 5.00. The van der Waals surface area contributed by atoms with Gasteiger partial charge in [0, 0.05) is 48.7 Å². The minimum atomic E-state index is -0.496. The molecule has 0 spiro atoms. The van der Waals surface area contributed by atoms with Crippen molar-refractivity contribution in [3.63, 3.8) is 0 Å². The van der Waals surface area contributed by atoms with Crippen LogP contribution in [0.5, 0.6) is 5.88 Å². The van der Waals surface area contributed by atoms with Crippen LogP contribution in [0.25, 0.3) is 16.8 Å². The molecular weight excluding hydrogens is 429 g/mol. The van der Waals surface area contributed by atoms with Crippen LogP contribution >= 0.6 is 0 Å². The lowest BCUT2D eigenvalue weighted by atomic mass is 10.1. The van der Waals surface area contributed by atoms with Gasteiger partial charge in [-0.15, -0.1) is 0 Å². The predicted molar refractivity (Wildman–Crippen MR) is 118 cm³/mol. The van der Waals surface area contributed by atoms with Crippen molar-refractivity contribution in [1.29, 1.82) is 0 Å². The van der Waals surface area contributed by atoms with Crippen molar-refractivity contribution in [1.82, 2.24) is 29.5 Å². The van der Waals surface area contributed by atoms with Crippen molar-refractivity contribution in [2.75, 3.05) is 11.9 Å². The molecule has 2 bridgehead atoms. The first kappa shape index (κ1) is 20.6. The Hall–Kier alpha value is -4.28. The number of anilines is 1. The number of aromatic nitrogens is 5. The normalized spacial score (nSPS) is 16.1. The van der Waals surface area contributed by atoms with Gasteiger partial charge in [-0.3, -0.25) is 9.59 Å². The Morgan fingerprint density at radius 2 is 2.00 bits per heavy atom. The maximum absolute atomic E-state index is 13.9. The van der Waals surface area contributed by atoms with Crippen molar-refractivity contribution < 1.29 is 13.9 Å². The fraction of sp³-hybridized carbons (Fsp3) is 0.227. The van der Waals surface area contributed by atoms with Crippen LogP contribution in [0.15, 0.2) is 47.8 Å². The van der Waals surface area contributed by atoms with Crippen molar-refractivity contribution in [3.8, 4) is 17.0 Å². The summed E-state index contributed by atoms with van der Waals surface area (Å²) in [6.45, 7) is 2.16. The molecule has 1 aliphatic rings. The standard InChI is InChI=1S/C22H20FN7O3/c1-12-6-25-21(32)16-9-27-30-11-17(13-3-4-18(31)29(2)10-13)19(28-20(16)30)24-7-14-5-15(23)8-26-22(14)33-12/h3-5,8-12H,6-7H2,1-2H3,(H,24,28)(H,25,32)/t12-/m0/s1. The van der Waals surface area contributed by atoms with Gasteiger partial charge >= 0.3 is 0 Å². The Balaban J connectivity index is 1.68. The van der Waals surface area contributed by atoms with Crippen LogP contribution in [-0.2, 0) is 13.6 Å². The molecule has 0 saturated carbocycles. The van der Waals surface area contributed by atoms with E-state index >= 15 is 0 Å². The molecule has 10 nitrogen and oxygen atoms in total. The fourth-order valence-electron chi connectivity index (χ4n) is 3.61. The van der Waals surface area contributed by atoms with E-state index in [2.05, 4.69) is 25.7 Å². The Morgan fingerprint density at radius 1 is 1.15 bits per heavy atom. The molecule has 1 amide bonds. The van der Waals surface area contributed by atoms with Crippen LogP contribution in [0.2, 0.25) is 0 Å². The van der Waals surface area contributed by atoms with E-state index in [1.165, 1.54) is 27.4 Å². The third-order valence-corrected chi connectivity index (χ3v) is 5.34. The van der Waals surface area contributed by atoms with Gasteiger partial charge in [0.05, 0.1) is 18.9 Å². The summed E-state index contributed by atoms with van der Waals surface area (Å²) in [7, 11) is 1.65. The summed E-state index contributed by atoms with van der Waals surface area (Å²) >= 11 is 0. The zero-order chi connectivity index (χ0) is 23.1. The molecular formula is C22H20FN7O3. The zero-order valence-electron chi connectivity index (χ0n) is 17.9. The lowest BCUT2D eigenvalue weighted by Gasteiger charge is -2.17. The number of nitrogens with one attached hydrogen (secondary N) is 2. The maximum Gasteiger partial charge on any atom is 0.256 e. The van der Waals surface area contributed by atoms with Crippen LogP contribution in [0.4, 0.5) is 10.2 Å². The van der Waals surface area contributed by atoms with Crippen LogP contribution < -0.4 is 20.9 Å². The topological polar surface area (TPSA) is 115 Å². The summed E-state index contributed by atoms with van der Waals surface area (Å²) in [6.07, 6.45) is 5.53. The summed E-state index contributed by atoms with van der Waals surface area (Å²) < 4.78 is 22.8. The van der Waals surface area contributed by atoms with E-state index < -0.39 is 11.9 Å². The number of fused-ring (bicyclic) bond motifs is 2. The lowest BCUT2D eigenvalue weighted by molar-refractivity contribution is 0.0932. The summed E-state index contributed by atoms with van der Waals surface area (Å²) in [5, 5.41) is 10.3. The van der Waals surface area contributed by atoms with Crippen LogP contribution in [0, 0.1) is 5.82 Å². The molecule has 0 radical (unpaired) electrons. The number of rotatable bonds is 1. The number of aryl methyl sites for hydroxylation is 1. The quantitative estimate of drug-likeness (QED) is 0.455. The Bertz CT molecular complexity index is 1450. The first-order valence-corrected chi connectivity index (χ1v) is 10.3. The van der Waals surface area contributed by atoms with Crippen molar-refractivity contribution >= 4 is 17.4 Å². The number of carbonyl (C=O) groups excluding carboxylic acids is 1. The Morgan fingerprint density at radius 3 is 2.82 bits per heavy atom. The number of ether oxygens (including phenoxy) is 1. The zero-order valence-corrected chi connectivity index (χ0v) is 17.9. The fourth-order valence-corrected chi connectivity index (χ4v) is 3.61. The monoisotopic (exact) mass is 449 g/mol. The third kappa shape index (κ3) is 3.88. The number of pyridine rings is 2. The highest BCUT2D eigenvalue weighted by atomic mass is 19.1. The summed E-state index contributed by atoms with van der Waals surface area (Å²) in [4.78, 5) is 33.4. The lowest BCUT2D eigenvalue weighted by Crippen LogP contribution is -2.33. The maximum atomic E-state index is 13.9. The predicted octanol–water partition coefficient (Wildman–Crippen LogP) is 1.75. The van der Waals surface area contributed by atoms with E-state index in [1.807, 2.05) is 0 Å². The molecule has 0 aromatic carbocycles. The molecule has 0 aliphatic carbocycles. The number of carbonyl (C=O) groups is 1. The highest BCUT2D eigenvalue weighted by molar-refractivity contribution is 6.00. The summed E-state index contributed by atoms with van der Waals surface area (Å²) in [5.74, 6) is -0.152. The highest BCUT2D eigenvalue weighted by Gasteiger charge is 2.21. The van der Waals surface area contributed by atoms with Crippen LogP contribution in [0.3, 0.4) is 0 Å². The molecule has 0 unspecified atom stereocenters. The molecule has 4 aromatic heterocycles. The number of halogens is 1. The van der Waals surface area contributed by atoms with Crippen LogP contribution in [0.1, 0.15) is 22.8 Å². The van der Waals surface area contributed by atoms with Crippen LogP contribution in [-0.4, -0.2) is 42.7 Å². The molecule has 11 heteroatoms. The largest absolute Gasteiger partial charge is 0.473 e. The smallest absolute Gasteiger partial charge is 0.256 e. The van der Waals surface area contributed by atoms with Crippen molar-refractivity contribution in [2.24, 2.45) is 7.05 Å². The molecule has 168 valence electrons. The summed E-state index contributed by atoms with van der Waals surface area (Å²) in [6, 6.07) is 4.48. The van der Waals surface area contributed by atoms with Gasteiger partial charge in [0.2, 0.25) is 11.4 Å². The first-order chi connectivity index (χ1) is 15.9. The molecule has 33 heavy (non-hydrogen) atoms. The SMILES string of the molecule is C[C@H]1CNC(=O)c2cnn3cc(-c4ccc(=O)n(C)c4)c(nc23)NCc2cc(F)cnc2O1. The highest BCUT2D eigenvalue weighted by Crippen LogP contribution is 2.29. The van der Waals surface area contributed by atoms with E-state index in [0.717, 1.165) is 6.20 Å². The molecule has 0 fully saturated rings. The van der Waals surface area contributed by atoms with E-state index in [4.69, 9.17) is 4.74 Å². The first-order valence-electron chi connectivity index (χ1n) is 10.3. The molecule has 0 saturated heterocycles. The molecule has 2 N–H and O–H groups in total. The Labute approximate surface area is 187 Å². The van der Waals surface area contributed by atoms with Gasteiger partial charge in [0.25, 0.3) is 5.91 Å². The second kappa shape index (κ2) is 8.01. The van der Waals surface area contributed by atoms with Gasteiger partial charge in [-0.25, -0.2) is 18.9 Å². The van der Waals surface area contributed by atoms with Crippen molar-refractivity contribution in [2.45, 2.75) is 19.6 Å². The second-order valence-corrected chi connectivity index (χ2v) is 7.81. The van der Waals surface area contributed by atoms with E-state index in [1.54, 1.807) is 32.4 Å². The van der Waals surface area contributed by atoms with Crippen molar-refractivity contribution in [3.05, 3.63) is 70.3 Å². The van der Waals surface area contributed by atoms with Gasteiger partial charge in [-0.2, -0.15) is 5.10 Å². The number of hydrogen-bond acceptors (Lipinski definition) is 7. The number of amides is 1. The van der Waals surface area contributed by atoms with Gasteiger partial charge in [-0.1, -0.05) is 0 Å². The average Bonchev–Trinajstić information content (AvgIpc) is 3.21. The van der Waals surface area contributed by atoms with E-state index in [0.29, 0.717) is 33.7 Å². The molecule has 1 atom stereocenters. The second-order valence-electron chi connectivity index (χ2n) is 7.81. The molecule has 1 aliphatic heterocycles. The van der Waals surface area contributed by atoms with Gasteiger partial charge in [0.15, 0.2) is 5.65 Å². The van der Waals surface area contributed by atoms with Gasteiger partial charge < -0.3 is 19.9 Å². The average molecular weight is 449 g/mol. The van der Waals surface area contributed by atoms with Gasteiger partial charge in [-0.05, 0) is 19.1 Å². The third-order valence-electron chi connectivity index (χ3n) is 5.34. The molecule has 5 heterocycles. The molecule has 5 rings (SSSR count). The molecule has 4 aromatic rings. The summed E-state index contributed by atoms with van der Waals surface area (Å²) in [5.41, 5.74) is 2.35. The van der Waals surface area contributed by atoms with E-state index in [9.17, 15) is 14.0 Å². The number of hydrogen-bond donors (Lipinski definition) is 2. The minimum Gasteiger partial charge on any atom is -0.473 e. The van der Waals surface area contributed by atoms with Gasteiger partial charge in [0.1, 0.15) is 23.3 Å². The minimum absolute atomic E-state index is 0.152.